The van der Waals surface area contributed by atoms with Crippen molar-refractivity contribution in [2.24, 2.45) is 0 Å². The van der Waals surface area contributed by atoms with Crippen LogP contribution in [0.2, 0.25) is 5.02 Å². The summed E-state index contributed by atoms with van der Waals surface area (Å²) in [6.45, 7) is 3.50. The van der Waals surface area contributed by atoms with Gasteiger partial charge in [-0.05, 0) is 38.1 Å². The lowest BCUT2D eigenvalue weighted by molar-refractivity contribution is -0.146. The van der Waals surface area contributed by atoms with Crippen molar-refractivity contribution < 1.29 is 9.53 Å². The number of halogens is 1. The van der Waals surface area contributed by atoms with E-state index in [9.17, 15) is 9.59 Å². The lowest BCUT2D eigenvalue weighted by Gasteiger charge is -2.12. The second-order valence-corrected chi connectivity index (χ2v) is 5.47. The first-order chi connectivity index (χ1) is 11.5. The highest BCUT2D eigenvalue weighted by atomic mass is 35.5. The van der Waals surface area contributed by atoms with Crippen molar-refractivity contribution in [3.63, 3.8) is 0 Å². The van der Waals surface area contributed by atoms with Crippen molar-refractivity contribution in [3.8, 4) is 5.69 Å². The summed E-state index contributed by atoms with van der Waals surface area (Å²) in [6.07, 6.45) is 1.29. The first-order valence-corrected chi connectivity index (χ1v) is 7.66. The number of rotatable bonds is 4. The van der Waals surface area contributed by atoms with E-state index in [0.29, 0.717) is 16.4 Å². The fourth-order valence-electron chi connectivity index (χ4n) is 2.23. The minimum absolute atomic E-state index is 0.0728. The van der Waals surface area contributed by atoms with Crippen LogP contribution < -0.4 is 5.56 Å². The monoisotopic (exact) mass is 347 g/mol. The van der Waals surface area contributed by atoms with Crippen molar-refractivity contribution in [3.05, 3.63) is 46.0 Å². The molecule has 0 saturated heterocycles. The Morgan fingerprint density at radius 1 is 1.33 bits per heavy atom. The first kappa shape index (κ1) is 16.1. The molecule has 8 nitrogen and oxygen atoms in total. The van der Waals surface area contributed by atoms with Gasteiger partial charge in [0.2, 0.25) is 0 Å². The summed E-state index contributed by atoms with van der Waals surface area (Å²) in [5, 5.41) is 8.45. The standard InChI is InChI=1S/C15H14ClN5O3/c1-3-24-15(23)9(2)20-8-17-13-12(14(20)22)18-19-21(13)11-6-4-10(16)5-7-11/h4-9H,3H2,1-2H3/t9-/m0/s1. The van der Waals surface area contributed by atoms with Crippen molar-refractivity contribution in [2.45, 2.75) is 19.9 Å². The third-order valence-corrected chi connectivity index (χ3v) is 3.76. The van der Waals surface area contributed by atoms with Crippen LogP contribution >= 0.6 is 11.6 Å². The molecule has 0 fully saturated rings. The topological polar surface area (TPSA) is 91.9 Å². The molecular weight excluding hydrogens is 334 g/mol. The number of esters is 1. The highest BCUT2D eigenvalue weighted by Gasteiger charge is 2.21. The Kier molecular flexibility index (Phi) is 4.30. The zero-order valence-corrected chi connectivity index (χ0v) is 13.8. The van der Waals surface area contributed by atoms with E-state index in [-0.39, 0.29) is 12.1 Å². The molecule has 0 aliphatic carbocycles. The molecular formula is C15H14ClN5O3. The molecule has 0 unspecified atom stereocenters. The Balaban J connectivity index is 2.07. The zero-order valence-electron chi connectivity index (χ0n) is 13.0. The van der Waals surface area contributed by atoms with E-state index in [1.54, 1.807) is 38.1 Å². The zero-order chi connectivity index (χ0) is 17.3. The third-order valence-electron chi connectivity index (χ3n) is 3.50. The van der Waals surface area contributed by atoms with Gasteiger partial charge in [-0.3, -0.25) is 9.36 Å². The van der Waals surface area contributed by atoms with Gasteiger partial charge < -0.3 is 4.74 Å². The van der Waals surface area contributed by atoms with Crippen LogP contribution in [0.5, 0.6) is 0 Å². The predicted molar refractivity (Wildman–Crippen MR) is 87.3 cm³/mol. The van der Waals surface area contributed by atoms with Gasteiger partial charge in [-0.15, -0.1) is 5.10 Å². The van der Waals surface area contributed by atoms with E-state index >= 15 is 0 Å². The van der Waals surface area contributed by atoms with E-state index in [0.717, 1.165) is 0 Å². The van der Waals surface area contributed by atoms with Crippen LogP contribution in [0.4, 0.5) is 0 Å². The lowest BCUT2D eigenvalue weighted by atomic mass is 10.3. The number of ether oxygens (including phenoxy) is 1. The van der Waals surface area contributed by atoms with Crippen LogP contribution in [0.3, 0.4) is 0 Å². The molecule has 0 N–H and O–H groups in total. The molecule has 3 aromatic rings. The van der Waals surface area contributed by atoms with Crippen LogP contribution in [-0.2, 0) is 9.53 Å². The fraction of sp³-hybridized carbons (Fsp3) is 0.267. The fourth-order valence-corrected chi connectivity index (χ4v) is 2.36. The highest BCUT2D eigenvalue weighted by Crippen LogP contribution is 2.16. The van der Waals surface area contributed by atoms with Gasteiger partial charge >= 0.3 is 5.97 Å². The average molecular weight is 348 g/mol. The molecule has 3 rings (SSSR count). The normalized spacial score (nSPS) is 12.3. The van der Waals surface area contributed by atoms with Crippen LogP contribution in [0.15, 0.2) is 35.4 Å². The molecule has 0 bridgehead atoms. The van der Waals surface area contributed by atoms with E-state index in [2.05, 4.69) is 15.3 Å². The number of carbonyl (C=O) groups is 1. The van der Waals surface area contributed by atoms with Gasteiger partial charge in [0.25, 0.3) is 5.56 Å². The smallest absolute Gasteiger partial charge is 0.328 e. The summed E-state index contributed by atoms with van der Waals surface area (Å²) in [5.74, 6) is -0.508. The maximum Gasteiger partial charge on any atom is 0.328 e. The molecule has 0 aliphatic heterocycles. The summed E-state index contributed by atoms with van der Waals surface area (Å²) in [7, 11) is 0. The van der Waals surface area contributed by atoms with Gasteiger partial charge in [0.05, 0.1) is 12.3 Å². The van der Waals surface area contributed by atoms with E-state index in [1.807, 2.05) is 0 Å². The Hall–Kier alpha value is -2.74. The van der Waals surface area contributed by atoms with Gasteiger partial charge in [0.15, 0.2) is 11.2 Å². The second-order valence-electron chi connectivity index (χ2n) is 5.03. The molecule has 124 valence electrons. The second kappa shape index (κ2) is 6.40. The summed E-state index contributed by atoms with van der Waals surface area (Å²) in [4.78, 5) is 28.6. The van der Waals surface area contributed by atoms with Crippen molar-refractivity contribution >= 4 is 28.7 Å². The van der Waals surface area contributed by atoms with E-state index in [1.165, 1.54) is 15.6 Å². The Morgan fingerprint density at radius 3 is 2.71 bits per heavy atom. The Bertz CT molecular complexity index is 948. The maximum atomic E-state index is 12.6. The minimum atomic E-state index is -0.796. The summed E-state index contributed by atoms with van der Waals surface area (Å²) in [5.41, 5.74) is 0.587. The molecule has 0 radical (unpaired) electrons. The average Bonchev–Trinajstić information content (AvgIpc) is 3.00. The molecule has 24 heavy (non-hydrogen) atoms. The minimum Gasteiger partial charge on any atom is -0.464 e. The Labute approximate surface area is 141 Å². The molecule has 1 aromatic carbocycles. The van der Waals surface area contributed by atoms with Gasteiger partial charge in [-0.25, -0.2) is 9.78 Å². The molecule has 0 spiro atoms. The van der Waals surface area contributed by atoms with Crippen molar-refractivity contribution in [2.75, 3.05) is 6.61 Å². The van der Waals surface area contributed by atoms with Gasteiger partial charge in [-0.2, -0.15) is 4.68 Å². The summed E-state index contributed by atoms with van der Waals surface area (Å²) >= 11 is 5.87. The quantitative estimate of drug-likeness (QED) is 0.668. The van der Waals surface area contributed by atoms with Crippen molar-refractivity contribution in [1.82, 2.24) is 24.5 Å². The van der Waals surface area contributed by atoms with Gasteiger partial charge in [0, 0.05) is 5.02 Å². The molecule has 1 atom stereocenters. The highest BCUT2D eigenvalue weighted by molar-refractivity contribution is 6.30. The lowest BCUT2D eigenvalue weighted by Crippen LogP contribution is -2.29. The van der Waals surface area contributed by atoms with Crippen LogP contribution in [0.25, 0.3) is 16.9 Å². The molecule has 0 amide bonds. The van der Waals surface area contributed by atoms with Crippen LogP contribution in [0, 0.1) is 0 Å². The summed E-state index contributed by atoms with van der Waals surface area (Å²) in [6, 6.07) is 6.09. The van der Waals surface area contributed by atoms with Crippen LogP contribution in [-0.4, -0.2) is 37.1 Å². The van der Waals surface area contributed by atoms with Crippen LogP contribution in [0.1, 0.15) is 19.9 Å². The Morgan fingerprint density at radius 2 is 2.04 bits per heavy atom. The number of aromatic nitrogens is 5. The maximum absolute atomic E-state index is 12.6. The first-order valence-electron chi connectivity index (χ1n) is 7.28. The number of nitrogens with zero attached hydrogens (tertiary/aromatic N) is 5. The SMILES string of the molecule is CCOC(=O)[C@H](C)n1cnc2c(nnn2-c2ccc(Cl)cc2)c1=O. The number of carbonyl (C=O) groups excluding carboxylic acids is 1. The number of benzene rings is 1. The van der Waals surface area contributed by atoms with Gasteiger partial charge in [-0.1, -0.05) is 16.8 Å². The third kappa shape index (κ3) is 2.76. The number of hydrogen-bond donors (Lipinski definition) is 0. The summed E-state index contributed by atoms with van der Waals surface area (Å²) < 4.78 is 7.55. The molecule has 0 saturated carbocycles. The molecule has 2 aromatic heterocycles. The largest absolute Gasteiger partial charge is 0.464 e. The molecule has 2 heterocycles. The number of fused-ring (bicyclic) bond motifs is 1. The predicted octanol–water partition coefficient (Wildman–Crippen LogP) is 1.75. The van der Waals surface area contributed by atoms with Crippen molar-refractivity contribution in [1.29, 1.82) is 0 Å². The van der Waals surface area contributed by atoms with E-state index in [4.69, 9.17) is 16.3 Å². The molecule has 0 aliphatic rings. The molecule has 9 heteroatoms. The van der Waals surface area contributed by atoms with Gasteiger partial charge in [0.1, 0.15) is 12.4 Å². The number of hydrogen-bond acceptors (Lipinski definition) is 6. The van der Waals surface area contributed by atoms with E-state index < -0.39 is 17.6 Å².